The zero-order chi connectivity index (χ0) is 13.9. The summed E-state index contributed by atoms with van der Waals surface area (Å²) in [6, 6.07) is 10.5. The second-order valence-corrected chi connectivity index (χ2v) is 4.52. The van der Waals surface area contributed by atoms with Crippen molar-refractivity contribution in [2.75, 3.05) is 13.2 Å². The Labute approximate surface area is 115 Å². The van der Waals surface area contributed by atoms with Crippen molar-refractivity contribution in [1.29, 1.82) is 0 Å². The van der Waals surface area contributed by atoms with Gasteiger partial charge < -0.3 is 9.64 Å². The summed E-state index contributed by atoms with van der Waals surface area (Å²) < 4.78 is 19.2. The summed E-state index contributed by atoms with van der Waals surface area (Å²) in [4.78, 5) is 17.5. The molecule has 0 unspecified atom stereocenters. The Morgan fingerprint density at radius 3 is 2.95 bits per heavy atom. The van der Waals surface area contributed by atoms with Gasteiger partial charge in [-0.1, -0.05) is 18.2 Å². The zero-order valence-corrected chi connectivity index (χ0v) is 10.8. The molecule has 0 atom stereocenters. The SMILES string of the molecule is O=C(c1cccnc1F)N1CCOc2ccccc2C1. The molecule has 0 saturated carbocycles. The number of para-hydroxylation sites is 1. The minimum atomic E-state index is -0.740. The molecule has 1 aromatic carbocycles. The van der Waals surface area contributed by atoms with E-state index < -0.39 is 5.95 Å². The van der Waals surface area contributed by atoms with E-state index in [1.54, 1.807) is 11.0 Å². The number of pyridine rings is 1. The molecule has 0 aliphatic carbocycles. The fourth-order valence-corrected chi connectivity index (χ4v) is 2.21. The first-order valence-electron chi connectivity index (χ1n) is 6.36. The van der Waals surface area contributed by atoms with E-state index in [1.165, 1.54) is 12.3 Å². The highest BCUT2D eigenvalue weighted by Crippen LogP contribution is 2.23. The molecule has 1 aromatic heterocycles. The van der Waals surface area contributed by atoms with Crippen LogP contribution in [0.4, 0.5) is 4.39 Å². The van der Waals surface area contributed by atoms with E-state index in [0.717, 1.165) is 11.3 Å². The van der Waals surface area contributed by atoms with E-state index in [9.17, 15) is 9.18 Å². The van der Waals surface area contributed by atoms with Gasteiger partial charge in [0.15, 0.2) is 0 Å². The van der Waals surface area contributed by atoms with Gasteiger partial charge >= 0.3 is 0 Å². The quantitative estimate of drug-likeness (QED) is 0.748. The average molecular weight is 272 g/mol. The lowest BCUT2D eigenvalue weighted by molar-refractivity contribution is 0.0727. The molecular weight excluding hydrogens is 259 g/mol. The molecule has 2 aromatic rings. The number of carbonyl (C=O) groups excluding carboxylic acids is 1. The average Bonchev–Trinajstić information content (AvgIpc) is 2.69. The maximum atomic E-state index is 13.6. The highest BCUT2D eigenvalue weighted by molar-refractivity contribution is 5.94. The van der Waals surface area contributed by atoms with Crippen molar-refractivity contribution in [2.24, 2.45) is 0 Å². The van der Waals surface area contributed by atoms with E-state index >= 15 is 0 Å². The Balaban J connectivity index is 1.88. The number of fused-ring (bicyclic) bond motifs is 1. The molecule has 102 valence electrons. The van der Waals surface area contributed by atoms with Crippen LogP contribution in [0.5, 0.6) is 5.75 Å². The fourth-order valence-electron chi connectivity index (χ4n) is 2.21. The van der Waals surface area contributed by atoms with Gasteiger partial charge in [-0.2, -0.15) is 4.39 Å². The Morgan fingerprint density at radius 2 is 2.10 bits per heavy atom. The second-order valence-electron chi connectivity index (χ2n) is 4.52. The number of ether oxygens (including phenoxy) is 1. The highest BCUT2D eigenvalue weighted by Gasteiger charge is 2.23. The summed E-state index contributed by atoms with van der Waals surface area (Å²) in [5.74, 6) is -0.332. The maximum absolute atomic E-state index is 13.6. The van der Waals surface area contributed by atoms with Gasteiger partial charge in [0.05, 0.1) is 12.1 Å². The molecular formula is C15H13FN2O2. The van der Waals surface area contributed by atoms with Crippen LogP contribution in [0.25, 0.3) is 0 Å². The summed E-state index contributed by atoms with van der Waals surface area (Å²) in [7, 11) is 0. The predicted octanol–water partition coefficient (Wildman–Crippen LogP) is 2.26. The van der Waals surface area contributed by atoms with Gasteiger partial charge in [0.2, 0.25) is 5.95 Å². The number of halogens is 1. The number of rotatable bonds is 1. The van der Waals surface area contributed by atoms with Crippen LogP contribution in [0.15, 0.2) is 42.6 Å². The third-order valence-electron chi connectivity index (χ3n) is 3.23. The molecule has 3 rings (SSSR count). The molecule has 0 N–H and O–H groups in total. The largest absolute Gasteiger partial charge is 0.491 e. The summed E-state index contributed by atoms with van der Waals surface area (Å²) in [6.07, 6.45) is 1.33. The van der Waals surface area contributed by atoms with E-state index in [1.807, 2.05) is 24.3 Å². The minimum Gasteiger partial charge on any atom is -0.491 e. The minimum absolute atomic E-state index is 0.00752. The molecule has 4 nitrogen and oxygen atoms in total. The van der Waals surface area contributed by atoms with E-state index in [2.05, 4.69) is 4.98 Å². The van der Waals surface area contributed by atoms with E-state index in [0.29, 0.717) is 19.7 Å². The monoisotopic (exact) mass is 272 g/mol. The summed E-state index contributed by atoms with van der Waals surface area (Å²) in [6.45, 7) is 1.22. The van der Waals surface area contributed by atoms with Crippen molar-refractivity contribution in [3.05, 3.63) is 59.7 Å². The lowest BCUT2D eigenvalue weighted by atomic mass is 10.1. The third kappa shape index (κ3) is 2.34. The van der Waals surface area contributed by atoms with E-state index in [4.69, 9.17) is 4.74 Å². The van der Waals surface area contributed by atoms with Crippen LogP contribution in [0.3, 0.4) is 0 Å². The van der Waals surface area contributed by atoms with Crippen molar-refractivity contribution < 1.29 is 13.9 Å². The maximum Gasteiger partial charge on any atom is 0.258 e. The Kier molecular flexibility index (Phi) is 3.33. The number of amides is 1. The van der Waals surface area contributed by atoms with Gasteiger partial charge in [-0.15, -0.1) is 0 Å². The van der Waals surface area contributed by atoms with Crippen molar-refractivity contribution in [1.82, 2.24) is 9.88 Å². The molecule has 20 heavy (non-hydrogen) atoms. The van der Waals surface area contributed by atoms with Crippen LogP contribution in [-0.4, -0.2) is 28.9 Å². The first-order chi connectivity index (χ1) is 9.75. The van der Waals surface area contributed by atoms with Gasteiger partial charge in [0.25, 0.3) is 5.91 Å². The lowest BCUT2D eigenvalue weighted by Gasteiger charge is -2.19. The van der Waals surface area contributed by atoms with Gasteiger partial charge in [-0.05, 0) is 18.2 Å². The number of benzene rings is 1. The van der Waals surface area contributed by atoms with Crippen LogP contribution < -0.4 is 4.74 Å². The smallest absolute Gasteiger partial charge is 0.258 e. The van der Waals surface area contributed by atoms with Crippen molar-refractivity contribution in [3.8, 4) is 5.75 Å². The van der Waals surface area contributed by atoms with Crippen LogP contribution in [-0.2, 0) is 6.54 Å². The van der Waals surface area contributed by atoms with Crippen molar-refractivity contribution in [2.45, 2.75) is 6.54 Å². The molecule has 0 radical (unpaired) electrons. The number of hydrogen-bond acceptors (Lipinski definition) is 3. The number of nitrogens with zero attached hydrogens (tertiary/aromatic N) is 2. The second kappa shape index (κ2) is 5.28. The first-order valence-corrected chi connectivity index (χ1v) is 6.36. The first kappa shape index (κ1) is 12.6. The third-order valence-corrected chi connectivity index (χ3v) is 3.23. The van der Waals surface area contributed by atoms with Gasteiger partial charge in [0, 0.05) is 18.3 Å². The van der Waals surface area contributed by atoms with Crippen molar-refractivity contribution >= 4 is 5.91 Å². The zero-order valence-electron chi connectivity index (χ0n) is 10.8. The van der Waals surface area contributed by atoms with Crippen LogP contribution in [0, 0.1) is 5.95 Å². The molecule has 1 aliphatic heterocycles. The van der Waals surface area contributed by atoms with Gasteiger partial charge in [0.1, 0.15) is 12.4 Å². The number of aromatic nitrogens is 1. The predicted molar refractivity (Wildman–Crippen MR) is 70.9 cm³/mol. The molecule has 0 fully saturated rings. The summed E-state index contributed by atoms with van der Waals surface area (Å²) in [5, 5.41) is 0. The molecule has 5 heteroatoms. The topological polar surface area (TPSA) is 42.4 Å². The molecule has 0 bridgehead atoms. The van der Waals surface area contributed by atoms with Gasteiger partial charge in [-0.3, -0.25) is 4.79 Å². The molecule has 0 spiro atoms. The number of hydrogen-bond donors (Lipinski definition) is 0. The highest BCUT2D eigenvalue weighted by atomic mass is 19.1. The summed E-state index contributed by atoms with van der Waals surface area (Å²) >= 11 is 0. The van der Waals surface area contributed by atoms with E-state index in [-0.39, 0.29) is 11.5 Å². The van der Waals surface area contributed by atoms with Crippen LogP contribution in [0.1, 0.15) is 15.9 Å². The lowest BCUT2D eigenvalue weighted by Crippen LogP contribution is -2.33. The summed E-state index contributed by atoms with van der Waals surface area (Å²) in [5.41, 5.74) is 0.912. The van der Waals surface area contributed by atoms with Gasteiger partial charge in [-0.25, -0.2) is 4.98 Å². The normalized spacial score (nSPS) is 14.2. The standard InChI is InChI=1S/C15H13FN2O2/c16-14-12(5-3-7-17-14)15(19)18-8-9-20-13-6-2-1-4-11(13)10-18/h1-7H,8-10H2. The molecule has 1 amide bonds. The van der Waals surface area contributed by atoms with Crippen LogP contribution in [0.2, 0.25) is 0 Å². The van der Waals surface area contributed by atoms with Crippen LogP contribution >= 0.6 is 0 Å². The Morgan fingerprint density at radius 1 is 1.25 bits per heavy atom. The Hall–Kier alpha value is -2.43. The number of carbonyl (C=O) groups is 1. The molecule has 2 heterocycles. The fraction of sp³-hybridized carbons (Fsp3) is 0.200. The Bertz CT molecular complexity index is 645. The van der Waals surface area contributed by atoms with Crippen molar-refractivity contribution in [3.63, 3.8) is 0 Å². The molecule has 0 saturated heterocycles. The molecule has 1 aliphatic rings.